The van der Waals surface area contributed by atoms with Crippen LogP contribution < -0.4 is 0 Å². The van der Waals surface area contributed by atoms with Gasteiger partial charge in [-0.25, -0.2) is 0 Å². The van der Waals surface area contributed by atoms with Gasteiger partial charge in [0, 0.05) is 6.42 Å². The van der Waals surface area contributed by atoms with Crippen molar-refractivity contribution in [1.29, 1.82) is 0 Å². The molecule has 1 aliphatic rings. The van der Waals surface area contributed by atoms with Gasteiger partial charge in [-0.2, -0.15) is 0 Å². The number of nitrogens with zero attached hydrogens (tertiary/aromatic N) is 1. The fraction of sp³-hybridized carbons (Fsp3) is 0.900. The van der Waals surface area contributed by atoms with Gasteiger partial charge in [-0.05, 0) is 32.9 Å². The molecule has 0 heterocycles. The summed E-state index contributed by atoms with van der Waals surface area (Å²) in [6, 6.07) is 0.235. The Balaban J connectivity index is 2.42. The van der Waals surface area contributed by atoms with Crippen molar-refractivity contribution >= 4 is 5.78 Å². The number of hydrogen-bond donors (Lipinski definition) is 0. The minimum absolute atomic E-state index is 0.235. The molecule has 2 nitrogen and oxygen atoms in total. The second-order valence-electron chi connectivity index (χ2n) is 3.71. The first kappa shape index (κ1) is 9.72. The fourth-order valence-electron chi connectivity index (χ4n) is 1.94. The summed E-state index contributed by atoms with van der Waals surface area (Å²) in [4.78, 5) is 13.7. The summed E-state index contributed by atoms with van der Waals surface area (Å²) < 4.78 is 0. The number of rotatable bonds is 3. The van der Waals surface area contributed by atoms with Gasteiger partial charge in [0.05, 0.1) is 6.04 Å². The molecule has 1 unspecified atom stereocenters. The highest BCUT2D eigenvalue weighted by molar-refractivity contribution is 5.84. The maximum Gasteiger partial charge on any atom is 0.149 e. The molecule has 0 aliphatic heterocycles. The highest BCUT2D eigenvalue weighted by Crippen LogP contribution is 2.18. The molecule has 12 heavy (non-hydrogen) atoms. The third kappa shape index (κ3) is 2.31. The normalized spacial score (nSPS) is 24.9. The van der Waals surface area contributed by atoms with Crippen molar-refractivity contribution in [3.63, 3.8) is 0 Å². The van der Waals surface area contributed by atoms with E-state index in [2.05, 4.69) is 18.9 Å². The van der Waals surface area contributed by atoms with Crippen LogP contribution in [0.5, 0.6) is 0 Å². The Labute approximate surface area is 74.9 Å². The van der Waals surface area contributed by atoms with Crippen LogP contribution in [0.3, 0.4) is 0 Å². The molecule has 0 aromatic carbocycles. The molecule has 0 bridgehead atoms. The molecule has 0 aromatic rings. The van der Waals surface area contributed by atoms with Crippen molar-refractivity contribution in [2.75, 3.05) is 13.6 Å². The Morgan fingerprint density at radius 1 is 1.50 bits per heavy atom. The smallest absolute Gasteiger partial charge is 0.149 e. The maximum atomic E-state index is 11.5. The van der Waals surface area contributed by atoms with Gasteiger partial charge >= 0.3 is 0 Å². The lowest BCUT2D eigenvalue weighted by Gasteiger charge is -2.29. The molecule has 1 atom stereocenters. The number of Topliss-reactive ketones (excluding diaryl/α,β-unsaturated/α-hetero) is 1. The van der Waals surface area contributed by atoms with Gasteiger partial charge in [0.25, 0.3) is 0 Å². The quantitative estimate of drug-likeness (QED) is 0.642. The number of likely N-dealkylation sites (N-methyl/N-ethyl adjacent to an activating group) is 1. The number of hydrogen-bond acceptors (Lipinski definition) is 2. The second kappa shape index (κ2) is 4.61. The highest BCUT2D eigenvalue weighted by atomic mass is 16.1. The average molecular weight is 169 g/mol. The van der Waals surface area contributed by atoms with E-state index >= 15 is 0 Å². The fourth-order valence-corrected chi connectivity index (χ4v) is 1.94. The summed E-state index contributed by atoms with van der Waals surface area (Å²) in [5.41, 5.74) is 0. The maximum absolute atomic E-state index is 11.5. The first-order valence-electron chi connectivity index (χ1n) is 4.98. The third-order valence-electron chi connectivity index (χ3n) is 2.63. The average Bonchev–Trinajstić information content (AvgIpc) is 2.05. The zero-order chi connectivity index (χ0) is 8.97. The Morgan fingerprint density at radius 2 is 2.25 bits per heavy atom. The van der Waals surface area contributed by atoms with Gasteiger partial charge < -0.3 is 0 Å². The first-order valence-corrected chi connectivity index (χ1v) is 4.98. The molecule has 1 saturated carbocycles. The largest absolute Gasteiger partial charge is 0.298 e. The van der Waals surface area contributed by atoms with Crippen molar-refractivity contribution in [2.24, 2.45) is 0 Å². The van der Waals surface area contributed by atoms with Crippen LogP contribution in [0.1, 0.15) is 39.0 Å². The van der Waals surface area contributed by atoms with Crippen LogP contribution in [0.15, 0.2) is 0 Å². The summed E-state index contributed by atoms with van der Waals surface area (Å²) in [6.07, 6.45) is 5.36. The standard InChI is InChI=1S/C10H19NO/c1-3-8-11(2)9-6-4-5-7-10(9)12/h9H,3-8H2,1-2H3. The van der Waals surface area contributed by atoms with E-state index in [9.17, 15) is 4.79 Å². The zero-order valence-corrected chi connectivity index (χ0v) is 8.18. The topological polar surface area (TPSA) is 20.3 Å². The molecular formula is C10H19NO. The van der Waals surface area contributed by atoms with Gasteiger partial charge in [0.1, 0.15) is 5.78 Å². The lowest BCUT2D eigenvalue weighted by molar-refractivity contribution is -0.125. The predicted molar refractivity (Wildman–Crippen MR) is 50.2 cm³/mol. The monoisotopic (exact) mass is 169 g/mol. The van der Waals surface area contributed by atoms with E-state index in [0.717, 1.165) is 32.2 Å². The molecule has 0 N–H and O–H groups in total. The van der Waals surface area contributed by atoms with Crippen LogP contribution in [0, 0.1) is 0 Å². The molecule has 0 aromatic heterocycles. The first-order chi connectivity index (χ1) is 5.75. The van der Waals surface area contributed by atoms with Crippen molar-refractivity contribution in [1.82, 2.24) is 4.90 Å². The van der Waals surface area contributed by atoms with Crippen LogP contribution >= 0.6 is 0 Å². The summed E-state index contributed by atoms with van der Waals surface area (Å²) in [7, 11) is 2.07. The van der Waals surface area contributed by atoms with E-state index < -0.39 is 0 Å². The van der Waals surface area contributed by atoms with Gasteiger partial charge in [0.2, 0.25) is 0 Å². The van der Waals surface area contributed by atoms with Crippen LogP contribution in [-0.4, -0.2) is 30.3 Å². The molecule has 1 fully saturated rings. The lowest BCUT2D eigenvalue weighted by Crippen LogP contribution is -2.40. The van der Waals surface area contributed by atoms with E-state index in [1.165, 1.54) is 6.42 Å². The van der Waals surface area contributed by atoms with E-state index in [1.54, 1.807) is 0 Å². The molecule has 0 radical (unpaired) electrons. The van der Waals surface area contributed by atoms with E-state index in [4.69, 9.17) is 0 Å². The Morgan fingerprint density at radius 3 is 2.83 bits per heavy atom. The minimum atomic E-state index is 0.235. The molecule has 2 heteroatoms. The van der Waals surface area contributed by atoms with Gasteiger partial charge in [-0.15, -0.1) is 0 Å². The summed E-state index contributed by atoms with van der Waals surface area (Å²) >= 11 is 0. The Kier molecular flexibility index (Phi) is 3.73. The highest BCUT2D eigenvalue weighted by Gasteiger charge is 2.24. The van der Waals surface area contributed by atoms with E-state index in [-0.39, 0.29) is 6.04 Å². The van der Waals surface area contributed by atoms with Crippen molar-refractivity contribution in [3.05, 3.63) is 0 Å². The van der Waals surface area contributed by atoms with Crippen LogP contribution in [0.4, 0.5) is 0 Å². The third-order valence-corrected chi connectivity index (χ3v) is 2.63. The van der Waals surface area contributed by atoms with Crippen LogP contribution in [0.2, 0.25) is 0 Å². The predicted octanol–water partition coefficient (Wildman–Crippen LogP) is 1.84. The number of carbonyl (C=O) groups is 1. The molecule has 70 valence electrons. The molecular weight excluding hydrogens is 150 g/mol. The summed E-state index contributed by atoms with van der Waals surface area (Å²) in [6.45, 7) is 3.21. The second-order valence-corrected chi connectivity index (χ2v) is 3.71. The van der Waals surface area contributed by atoms with E-state index in [0.29, 0.717) is 5.78 Å². The summed E-state index contributed by atoms with van der Waals surface area (Å²) in [5, 5.41) is 0. The van der Waals surface area contributed by atoms with Crippen molar-refractivity contribution < 1.29 is 4.79 Å². The molecule has 1 aliphatic carbocycles. The van der Waals surface area contributed by atoms with Crippen molar-refractivity contribution in [3.8, 4) is 0 Å². The van der Waals surface area contributed by atoms with Gasteiger partial charge in [-0.1, -0.05) is 13.3 Å². The molecule has 0 spiro atoms. The van der Waals surface area contributed by atoms with Crippen LogP contribution in [0.25, 0.3) is 0 Å². The Bertz CT molecular complexity index is 156. The Hall–Kier alpha value is -0.370. The summed E-state index contributed by atoms with van der Waals surface area (Å²) in [5.74, 6) is 0.456. The zero-order valence-electron chi connectivity index (χ0n) is 8.18. The molecule has 1 rings (SSSR count). The minimum Gasteiger partial charge on any atom is -0.298 e. The molecule has 0 saturated heterocycles. The van der Waals surface area contributed by atoms with Gasteiger partial charge in [0.15, 0.2) is 0 Å². The molecule has 0 amide bonds. The SMILES string of the molecule is CCCN(C)C1CCCCC1=O. The van der Waals surface area contributed by atoms with Crippen LogP contribution in [-0.2, 0) is 4.79 Å². The van der Waals surface area contributed by atoms with Crippen molar-refractivity contribution in [2.45, 2.75) is 45.1 Å². The van der Waals surface area contributed by atoms with E-state index in [1.807, 2.05) is 0 Å². The van der Waals surface area contributed by atoms with Gasteiger partial charge in [-0.3, -0.25) is 9.69 Å². The lowest BCUT2D eigenvalue weighted by atomic mass is 9.93. The number of carbonyl (C=O) groups excluding carboxylic acids is 1. The number of ketones is 1.